The number of aromatic nitrogens is 2. The normalized spacial score (nSPS) is 12.2. The highest BCUT2D eigenvalue weighted by molar-refractivity contribution is 5.77. The van der Waals surface area contributed by atoms with Gasteiger partial charge in [-0.15, -0.1) is 0 Å². The lowest BCUT2D eigenvalue weighted by Gasteiger charge is -2.19. The average Bonchev–Trinajstić information content (AvgIpc) is 2.35. The highest BCUT2D eigenvalue weighted by Gasteiger charge is 2.21. The average molecular weight is 281 g/mol. The zero-order valence-electron chi connectivity index (χ0n) is 12.2. The van der Waals surface area contributed by atoms with Gasteiger partial charge in [0.15, 0.2) is 0 Å². The van der Waals surface area contributed by atoms with Gasteiger partial charge < -0.3 is 21.5 Å². The van der Waals surface area contributed by atoms with Gasteiger partial charge in [0.25, 0.3) is 0 Å². The van der Waals surface area contributed by atoms with Crippen LogP contribution in [0, 0.1) is 5.92 Å². The molecule has 0 bridgehead atoms. The van der Waals surface area contributed by atoms with Crippen LogP contribution in [0.25, 0.3) is 0 Å². The smallest absolute Gasteiger partial charge is 0.326 e. The van der Waals surface area contributed by atoms with Crippen LogP contribution in [0.5, 0.6) is 0 Å². The fraction of sp³-hybridized carbons (Fsp3) is 0.615. The third-order valence-electron chi connectivity index (χ3n) is 2.82. The first-order valence-electron chi connectivity index (χ1n) is 6.81. The van der Waals surface area contributed by atoms with Crippen molar-refractivity contribution in [1.82, 2.24) is 9.97 Å². The summed E-state index contributed by atoms with van der Waals surface area (Å²) in [6, 6.07) is 0.956. The lowest BCUT2D eigenvalue weighted by Crippen LogP contribution is -2.34. The van der Waals surface area contributed by atoms with E-state index in [1.165, 1.54) is 0 Å². The molecule has 5 N–H and O–H groups in total. The van der Waals surface area contributed by atoms with Gasteiger partial charge in [-0.25, -0.2) is 4.79 Å². The SMILES string of the molecule is CCCCNc1cc(N[C@H](C(=O)O)C(C)C)nc(N)n1. The highest BCUT2D eigenvalue weighted by Crippen LogP contribution is 2.16. The maximum absolute atomic E-state index is 11.2. The number of carboxylic acid groups (broad SMARTS) is 1. The Morgan fingerprint density at radius 2 is 2.05 bits per heavy atom. The Morgan fingerprint density at radius 1 is 1.40 bits per heavy atom. The van der Waals surface area contributed by atoms with Crippen molar-refractivity contribution >= 4 is 23.6 Å². The Bertz CT molecular complexity index is 450. The second-order valence-electron chi connectivity index (χ2n) is 4.98. The molecule has 20 heavy (non-hydrogen) atoms. The number of nitrogens with two attached hydrogens (primary N) is 1. The molecule has 0 saturated heterocycles. The van der Waals surface area contributed by atoms with Crippen LogP contribution in [0.2, 0.25) is 0 Å². The molecule has 1 atom stereocenters. The summed E-state index contributed by atoms with van der Waals surface area (Å²) in [5, 5.41) is 15.2. The lowest BCUT2D eigenvalue weighted by atomic mass is 10.1. The minimum Gasteiger partial charge on any atom is -0.480 e. The van der Waals surface area contributed by atoms with Gasteiger partial charge in [0.1, 0.15) is 17.7 Å². The number of nitrogens with one attached hydrogen (secondary N) is 2. The molecule has 0 unspecified atom stereocenters. The van der Waals surface area contributed by atoms with E-state index in [0.29, 0.717) is 11.6 Å². The minimum atomic E-state index is -0.919. The molecular weight excluding hydrogens is 258 g/mol. The van der Waals surface area contributed by atoms with Gasteiger partial charge >= 0.3 is 5.97 Å². The number of carboxylic acids is 1. The van der Waals surface area contributed by atoms with E-state index in [1.807, 2.05) is 13.8 Å². The summed E-state index contributed by atoms with van der Waals surface area (Å²) in [7, 11) is 0. The van der Waals surface area contributed by atoms with Crippen molar-refractivity contribution in [3.8, 4) is 0 Å². The first-order chi connectivity index (χ1) is 9.43. The molecule has 0 radical (unpaired) electrons. The van der Waals surface area contributed by atoms with Gasteiger partial charge in [0.2, 0.25) is 5.95 Å². The fourth-order valence-electron chi connectivity index (χ4n) is 1.70. The van der Waals surface area contributed by atoms with Crippen molar-refractivity contribution in [2.45, 2.75) is 39.7 Å². The number of hydrogen-bond acceptors (Lipinski definition) is 6. The number of rotatable bonds is 8. The lowest BCUT2D eigenvalue weighted by molar-refractivity contribution is -0.138. The van der Waals surface area contributed by atoms with Gasteiger partial charge in [-0.2, -0.15) is 9.97 Å². The number of unbranched alkanes of at least 4 members (excludes halogenated alkanes) is 1. The Morgan fingerprint density at radius 3 is 2.60 bits per heavy atom. The first-order valence-corrected chi connectivity index (χ1v) is 6.81. The third-order valence-corrected chi connectivity index (χ3v) is 2.82. The molecule has 0 aliphatic heterocycles. The summed E-state index contributed by atoms with van der Waals surface area (Å²) in [6.45, 7) is 6.55. The number of anilines is 3. The largest absolute Gasteiger partial charge is 0.480 e. The molecule has 0 fully saturated rings. The number of nitrogen functional groups attached to an aromatic ring is 1. The predicted octanol–water partition coefficient (Wildman–Crippen LogP) is 1.79. The van der Waals surface area contributed by atoms with Crippen molar-refractivity contribution < 1.29 is 9.90 Å². The summed E-state index contributed by atoms with van der Waals surface area (Å²) in [6.07, 6.45) is 2.10. The van der Waals surface area contributed by atoms with E-state index >= 15 is 0 Å². The van der Waals surface area contributed by atoms with E-state index < -0.39 is 12.0 Å². The zero-order valence-corrected chi connectivity index (χ0v) is 12.2. The maximum Gasteiger partial charge on any atom is 0.326 e. The fourth-order valence-corrected chi connectivity index (χ4v) is 1.70. The van der Waals surface area contributed by atoms with Crippen molar-refractivity contribution in [1.29, 1.82) is 0 Å². The van der Waals surface area contributed by atoms with Gasteiger partial charge in [-0.3, -0.25) is 0 Å². The second kappa shape index (κ2) is 7.52. The molecule has 7 nitrogen and oxygen atoms in total. The van der Waals surface area contributed by atoms with Gasteiger partial charge in [-0.05, 0) is 12.3 Å². The molecule has 0 aromatic carbocycles. The van der Waals surface area contributed by atoms with E-state index in [0.717, 1.165) is 19.4 Å². The Labute approximate surface area is 119 Å². The van der Waals surface area contributed by atoms with Crippen molar-refractivity contribution in [3.63, 3.8) is 0 Å². The van der Waals surface area contributed by atoms with E-state index in [1.54, 1.807) is 6.07 Å². The topological polar surface area (TPSA) is 113 Å². The molecule has 1 aromatic rings. The van der Waals surface area contributed by atoms with Crippen LogP contribution in [-0.2, 0) is 4.79 Å². The molecule has 0 aliphatic carbocycles. The molecule has 1 aromatic heterocycles. The highest BCUT2D eigenvalue weighted by atomic mass is 16.4. The molecule has 112 valence electrons. The number of nitrogens with zero attached hydrogens (tertiary/aromatic N) is 2. The Hall–Kier alpha value is -2.05. The number of hydrogen-bond donors (Lipinski definition) is 4. The molecular formula is C13H23N5O2. The van der Waals surface area contributed by atoms with Gasteiger partial charge in [-0.1, -0.05) is 27.2 Å². The zero-order chi connectivity index (χ0) is 15.1. The second-order valence-corrected chi connectivity index (χ2v) is 4.98. The van der Waals surface area contributed by atoms with Crippen LogP contribution < -0.4 is 16.4 Å². The summed E-state index contributed by atoms with van der Waals surface area (Å²) in [4.78, 5) is 19.3. The standard InChI is InChI=1S/C13H23N5O2/c1-4-5-6-15-9-7-10(18-13(14)17-9)16-11(8(2)3)12(19)20/h7-8,11H,4-6H2,1-3H3,(H,19,20)(H4,14,15,16,17,18)/t11-/m0/s1. The van der Waals surface area contributed by atoms with Gasteiger partial charge in [0, 0.05) is 12.6 Å². The summed E-state index contributed by atoms with van der Waals surface area (Å²) in [5.74, 6) is 0.138. The van der Waals surface area contributed by atoms with Crippen LogP contribution in [0.4, 0.5) is 17.6 Å². The molecule has 0 amide bonds. The molecule has 0 aliphatic rings. The summed E-state index contributed by atoms with van der Waals surface area (Å²) < 4.78 is 0. The maximum atomic E-state index is 11.2. The van der Waals surface area contributed by atoms with Gasteiger partial charge in [0.05, 0.1) is 0 Å². The molecule has 0 saturated carbocycles. The van der Waals surface area contributed by atoms with Crippen LogP contribution >= 0.6 is 0 Å². The van der Waals surface area contributed by atoms with E-state index in [-0.39, 0.29) is 11.9 Å². The van der Waals surface area contributed by atoms with Crippen molar-refractivity contribution in [2.24, 2.45) is 5.92 Å². The molecule has 1 heterocycles. The predicted molar refractivity (Wildman–Crippen MR) is 79.7 cm³/mol. The first kappa shape index (κ1) is 16.0. The third kappa shape index (κ3) is 4.91. The van der Waals surface area contributed by atoms with Crippen molar-refractivity contribution in [2.75, 3.05) is 22.9 Å². The number of carbonyl (C=O) groups is 1. The summed E-state index contributed by atoms with van der Waals surface area (Å²) in [5.41, 5.74) is 5.64. The molecule has 0 spiro atoms. The monoisotopic (exact) mass is 281 g/mol. The van der Waals surface area contributed by atoms with Crippen molar-refractivity contribution in [3.05, 3.63) is 6.07 Å². The van der Waals surface area contributed by atoms with Crippen LogP contribution in [0.15, 0.2) is 6.07 Å². The molecule has 7 heteroatoms. The minimum absolute atomic E-state index is 0.0693. The quantitative estimate of drug-likeness (QED) is 0.537. The Kier molecular flexibility index (Phi) is 6.02. The van der Waals surface area contributed by atoms with Crippen LogP contribution in [0.1, 0.15) is 33.6 Å². The van der Waals surface area contributed by atoms with Crippen LogP contribution in [0.3, 0.4) is 0 Å². The number of aliphatic carboxylic acids is 1. The van der Waals surface area contributed by atoms with E-state index in [9.17, 15) is 4.79 Å². The van der Waals surface area contributed by atoms with E-state index in [4.69, 9.17) is 10.8 Å². The summed E-state index contributed by atoms with van der Waals surface area (Å²) >= 11 is 0. The Balaban J connectivity index is 2.81. The van der Waals surface area contributed by atoms with Crippen LogP contribution in [-0.4, -0.2) is 33.6 Å². The molecule has 1 rings (SSSR count). The van der Waals surface area contributed by atoms with E-state index in [2.05, 4.69) is 27.5 Å².